The lowest BCUT2D eigenvalue weighted by Gasteiger charge is -2.27. The number of hydrogen-bond donors (Lipinski definition) is 0. The van der Waals surface area contributed by atoms with Crippen LogP contribution in [0.5, 0.6) is 0 Å². The molecular formula is C19H19BrN2OS. The second-order valence-corrected chi connectivity index (χ2v) is 7.70. The maximum atomic E-state index is 12.7. The third-order valence-corrected chi connectivity index (χ3v) is 5.45. The molecule has 0 bridgehead atoms. The van der Waals surface area contributed by atoms with E-state index >= 15 is 0 Å². The number of anilines is 1. The number of carbonyl (C=O) groups is 1. The van der Waals surface area contributed by atoms with E-state index in [1.807, 2.05) is 29.2 Å². The topological polar surface area (TPSA) is 32.7 Å². The maximum Gasteiger partial charge on any atom is 0.182 e. The Hall–Kier alpha value is -1.59. The van der Waals surface area contributed by atoms with Gasteiger partial charge in [-0.3, -0.25) is 9.79 Å². The third kappa shape index (κ3) is 4.28. The van der Waals surface area contributed by atoms with Crippen molar-refractivity contribution in [3.8, 4) is 0 Å². The fraction of sp³-hybridized carbons (Fsp3) is 0.263. The molecule has 0 fully saturated rings. The number of nitrogens with zero attached hydrogens (tertiary/aromatic N) is 2. The molecule has 0 saturated heterocycles. The molecular weight excluding hydrogens is 384 g/mol. The molecule has 0 N–H and O–H groups in total. The molecule has 0 spiro atoms. The smallest absolute Gasteiger partial charge is 0.182 e. The highest BCUT2D eigenvalue weighted by Gasteiger charge is 2.20. The van der Waals surface area contributed by atoms with Crippen molar-refractivity contribution in [2.75, 3.05) is 23.7 Å². The van der Waals surface area contributed by atoms with E-state index in [4.69, 9.17) is 0 Å². The number of halogens is 1. The number of thioether (sulfide) groups is 1. The zero-order valence-electron chi connectivity index (χ0n) is 13.5. The molecule has 0 aliphatic carbocycles. The van der Waals surface area contributed by atoms with Crippen LogP contribution in [0.25, 0.3) is 0 Å². The Morgan fingerprint density at radius 1 is 1.17 bits per heavy atom. The number of carbonyl (C=O) groups excluding carboxylic acids is 1. The lowest BCUT2D eigenvalue weighted by atomic mass is 10.1. The zero-order chi connectivity index (χ0) is 16.9. The second kappa shape index (κ2) is 7.99. The van der Waals surface area contributed by atoms with Crippen LogP contribution >= 0.6 is 27.7 Å². The lowest BCUT2D eigenvalue weighted by Crippen LogP contribution is -2.35. The number of hydrogen-bond acceptors (Lipinski definition) is 4. The zero-order valence-corrected chi connectivity index (χ0v) is 15.9. The SMILES string of the molecule is Cc1ccc(N(CC(=O)c2ccc(Br)cc2)C2=NCCCS2)cc1. The highest BCUT2D eigenvalue weighted by molar-refractivity contribution is 9.10. The molecule has 1 aliphatic heterocycles. The van der Waals surface area contributed by atoms with Crippen LogP contribution in [0.3, 0.4) is 0 Å². The summed E-state index contributed by atoms with van der Waals surface area (Å²) in [6.07, 6.45) is 1.09. The normalized spacial score (nSPS) is 14.2. The van der Waals surface area contributed by atoms with Crippen molar-refractivity contribution in [3.63, 3.8) is 0 Å². The van der Waals surface area contributed by atoms with Crippen molar-refractivity contribution in [2.24, 2.45) is 4.99 Å². The predicted octanol–water partition coefficient (Wildman–Crippen LogP) is 4.94. The van der Waals surface area contributed by atoms with Gasteiger partial charge in [-0.25, -0.2) is 0 Å². The van der Waals surface area contributed by atoms with Crippen LogP contribution in [0.2, 0.25) is 0 Å². The van der Waals surface area contributed by atoms with E-state index < -0.39 is 0 Å². The first kappa shape index (κ1) is 17.2. The quantitative estimate of drug-likeness (QED) is 0.678. The number of aliphatic imine (C=N–C) groups is 1. The Morgan fingerprint density at radius 3 is 2.50 bits per heavy atom. The van der Waals surface area contributed by atoms with Gasteiger partial charge in [0, 0.05) is 28.0 Å². The van der Waals surface area contributed by atoms with E-state index in [1.54, 1.807) is 11.8 Å². The van der Waals surface area contributed by atoms with Gasteiger partial charge in [0.2, 0.25) is 0 Å². The van der Waals surface area contributed by atoms with Crippen LogP contribution in [0.1, 0.15) is 22.3 Å². The third-order valence-electron chi connectivity index (χ3n) is 3.83. The largest absolute Gasteiger partial charge is 0.313 e. The van der Waals surface area contributed by atoms with Crippen molar-refractivity contribution in [1.29, 1.82) is 0 Å². The van der Waals surface area contributed by atoms with Crippen LogP contribution in [0, 0.1) is 6.92 Å². The average molecular weight is 403 g/mol. The Balaban J connectivity index is 1.86. The molecule has 2 aromatic rings. The molecule has 0 saturated carbocycles. The summed E-state index contributed by atoms with van der Waals surface area (Å²) in [6, 6.07) is 15.8. The Kier molecular flexibility index (Phi) is 5.74. The minimum atomic E-state index is 0.0944. The van der Waals surface area contributed by atoms with Crippen LogP contribution in [-0.2, 0) is 0 Å². The van der Waals surface area contributed by atoms with E-state index in [-0.39, 0.29) is 5.78 Å². The Labute approximate surface area is 155 Å². The fourth-order valence-electron chi connectivity index (χ4n) is 2.48. The number of rotatable bonds is 4. The summed E-state index contributed by atoms with van der Waals surface area (Å²) in [5.41, 5.74) is 2.94. The van der Waals surface area contributed by atoms with Gasteiger partial charge in [0.15, 0.2) is 11.0 Å². The predicted molar refractivity (Wildman–Crippen MR) is 106 cm³/mol. The molecule has 1 heterocycles. The van der Waals surface area contributed by atoms with E-state index in [2.05, 4.69) is 52.1 Å². The van der Waals surface area contributed by atoms with Gasteiger partial charge in [0.25, 0.3) is 0 Å². The molecule has 0 radical (unpaired) electrons. The number of amidine groups is 1. The number of Topliss-reactive ketones (excluding diaryl/α,β-unsaturated/α-hetero) is 1. The molecule has 0 unspecified atom stereocenters. The van der Waals surface area contributed by atoms with Gasteiger partial charge in [-0.05, 0) is 37.6 Å². The summed E-state index contributed by atoms with van der Waals surface area (Å²) in [5.74, 6) is 1.14. The molecule has 24 heavy (non-hydrogen) atoms. The van der Waals surface area contributed by atoms with Gasteiger partial charge in [-0.15, -0.1) is 0 Å². The summed E-state index contributed by atoms with van der Waals surface area (Å²) in [4.78, 5) is 19.4. The van der Waals surface area contributed by atoms with Gasteiger partial charge >= 0.3 is 0 Å². The summed E-state index contributed by atoms with van der Waals surface area (Å²) in [7, 11) is 0. The van der Waals surface area contributed by atoms with Gasteiger partial charge in [0.1, 0.15) is 0 Å². The molecule has 5 heteroatoms. The van der Waals surface area contributed by atoms with Crippen molar-refractivity contribution >= 4 is 44.3 Å². The summed E-state index contributed by atoms with van der Waals surface area (Å²) in [5, 5.41) is 0.940. The average Bonchev–Trinajstić information content (AvgIpc) is 2.62. The van der Waals surface area contributed by atoms with Crippen LogP contribution in [0.15, 0.2) is 58.0 Å². The molecule has 3 rings (SSSR count). The molecule has 2 aromatic carbocycles. The second-order valence-electron chi connectivity index (χ2n) is 5.72. The van der Waals surface area contributed by atoms with E-state index in [1.165, 1.54) is 5.56 Å². The first-order valence-electron chi connectivity index (χ1n) is 7.94. The van der Waals surface area contributed by atoms with Gasteiger partial charge < -0.3 is 4.90 Å². The van der Waals surface area contributed by atoms with Crippen LogP contribution < -0.4 is 4.90 Å². The van der Waals surface area contributed by atoms with Crippen LogP contribution in [-0.4, -0.2) is 29.8 Å². The highest BCUT2D eigenvalue weighted by atomic mass is 79.9. The van der Waals surface area contributed by atoms with E-state index in [0.29, 0.717) is 6.54 Å². The monoisotopic (exact) mass is 402 g/mol. The standard InChI is InChI=1S/C19H19BrN2OS/c1-14-3-9-17(10-4-14)22(19-21-11-2-12-24-19)13-18(23)15-5-7-16(20)8-6-15/h3-10H,2,11-13H2,1H3. The first-order valence-corrected chi connectivity index (χ1v) is 9.71. The summed E-state index contributed by atoms with van der Waals surface area (Å²) >= 11 is 5.13. The highest BCUT2D eigenvalue weighted by Crippen LogP contribution is 2.24. The van der Waals surface area contributed by atoms with Crippen molar-refractivity contribution in [2.45, 2.75) is 13.3 Å². The number of ketones is 1. The van der Waals surface area contributed by atoms with E-state index in [9.17, 15) is 4.79 Å². The molecule has 124 valence electrons. The number of aryl methyl sites for hydroxylation is 1. The molecule has 1 aliphatic rings. The van der Waals surface area contributed by atoms with Crippen molar-refractivity contribution < 1.29 is 4.79 Å². The summed E-state index contributed by atoms with van der Waals surface area (Å²) in [6.45, 7) is 3.20. The molecule has 0 aromatic heterocycles. The van der Waals surface area contributed by atoms with Gasteiger partial charge in [0.05, 0.1) is 6.54 Å². The minimum Gasteiger partial charge on any atom is -0.313 e. The number of benzene rings is 2. The fourth-order valence-corrected chi connectivity index (χ4v) is 3.71. The van der Waals surface area contributed by atoms with Crippen molar-refractivity contribution in [1.82, 2.24) is 0 Å². The van der Waals surface area contributed by atoms with Crippen molar-refractivity contribution in [3.05, 3.63) is 64.1 Å². The molecule has 0 amide bonds. The minimum absolute atomic E-state index is 0.0944. The summed E-state index contributed by atoms with van der Waals surface area (Å²) < 4.78 is 0.974. The molecule has 0 atom stereocenters. The Morgan fingerprint density at radius 2 is 1.88 bits per heavy atom. The van der Waals surface area contributed by atoms with Crippen LogP contribution in [0.4, 0.5) is 5.69 Å². The molecule has 3 nitrogen and oxygen atoms in total. The first-order chi connectivity index (χ1) is 11.6. The van der Waals surface area contributed by atoms with Gasteiger partial charge in [-0.1, -0.05) is 57.5 Å². The van der Waals surface area contributed by atoms with Gasteiger partial charge in [-0.2, -0.15) is 0 Å². The van der Waals surface area contributed by atoms with E-state index in [0.717, 1.165) is 39.6 Å². The lowest BCUT2D eigenvalue weighted by molar-refractivity contribution is 0.100. The maximum absolute atomic E-state index is 12.7. The Bertz CT molecular complexity index is 741.